The lowest BCUT2D eigenvalue weighted by Crippen LogP contribution is -2.10. The van der Waals surface area contributed by atoms with Crippen molar-refractivity contribution in [3.05, 3.63) is 267 Å². The van der Waals surface area contributed by atoms with E-state index in [1.165, 1.54) is 21.9 Å². The van der Waals surface area contributed by atoms with Crippen molar-refractivity contribution in [2.24, 2.45) is 0 Å². The lowest BCUT2D eigenvalue weighted by atomic mass is 9.94. The first kappa shape index (κ1) is 29.6. The zero-order chi connectivity index (χ0) is 52.5. The molecule has 12 rings (SSSR count). The Morgan fingerprint density at radius 3 is 1.39 bits per heavy atom. The Morgan fingerprint density at radius 1 is 0.303 bits per heavy atom. The van der Waals surface area contributed by atoms with Crippen molar-refractivity contribution in [2.45, 2.75) is 0 Å². The molecule has 66 heavy (non-hydrogen) atoms. The Balaban J connectivity index is 0.923. The Hall–Kier alpha value is -8.72. The predicted molar refractivity (Wildman–Crippen MR) is 280 cm³/mol. The maximum atomic E-state index is 8.64. The SMILES string of the molecule is [2H]c1c([2H])c([2H])c(-c2ccc(N(c3ccc(-c4c([2H])c([2H])c([2H])c([2H])c4[2H])cc3)c3ccc(-c4ccc(-c5ccc6c(c5)c5ccccc5n6-c5ccc(-c6ccccc6)cc5)cc4)c4ccccc34)cc2)c([2H])c1[2H]. The van der Waals surface area contributed by atoms with E-state index in [4.69, 9.17) is 13.7 Å². The van der Waals surface area contributed by atoms with Gasteiger partial charge in [0.05, 0.1) is 30.4 Å². The van der Waals surface area contributed by atoms with Crippen LogP contribution in [-0.2, 0) is 0 Å². The summed E-state index contributed by atoms with van der Waals surface area (Å²) in [5, 5.41) is 4.28. The lowest BCUT2D eigenvalue weighted by Gasteiger charge is -2.28. The molecule has 0 amide bonds. The molecule has 0 saturated heterocycles. The molecule has 310 valence electrons. The monoisotopic (exact) mass is 850 g/mol. The third-order valence-corrected chi connectivity index (χ3v) is 12.4. The van der Waals surface area contributed by atoms with E-state index in [0.717, 1.165) is 55.4 Å². The van der Waals surface area contributed by atoms with Crippen LogP contribution in [0, 0.1) is 0 Å². The van der Waals surface area contributed by atoms with Gasteiger partial charge in [-0.3, -0.25) is 0 Å². The highest BCUT2D eigenvalue weighted by atomic mass is 15.1. The zero-order valence-corrected chi connectivity index (χ0v) is 35.5. The van der Waals surface area contributed by atoms with Crippen molar-refractivity contribution in [3.8, 4) is 61.3 Å². The average Bonchev–Trinajstić information content (AvgIpc) is 3.80. The number of hydrogen-bond donors (Lipinski definition) is 0. The summed E-state index contributed by atoms with van der Waals surface area (Å²) >= 11 is 0. The second-order valence-electron chi connectivity index (χ2n) is 16.2. The number of aromatic nitrogens is 1. The van der Waals surface area contributed by atoms with Gasteiger partial charge in [0.1, 0.15) is 0 Å². The minimum atomic E-state index is -0.459. The number of nitrogens with zero attached hydrogens (tertiary/aromatic N) is 2. The van der Waals surface area contributed by atoms with Crippen LogP contribution in [0.2, 0.25) is 0 Å². The van der Waals surface area contributed by atoms with Gasteiger partial charge in [-0.2, -0.15) is 0 Å². The molecule has 0 N–H and O–H groups in total. The molecule has 0 atom stereocenters. The number of fused-ring (bicyclic) bond motifs is 4. The molecule has 0 aliphatic heterocycles. The summed E-state index contributed by atoms with van der Waals surface area (Å²) in [6.07, 6.45) is 0. The van der Waals surface area contributed by atoms with Crippen molar-refractivity contribution >= 4 is 49.6 Å². The van der Waals surface area contributed by atoms with Gasteiger partial charge in [0.15, 0.2) is 0 Å². The second-order valence-corrected chi connectivity index (χ2v) is 16.2. The first-order valence-corrected chi connectivity index (χ1v) is 21.8. The van der Waals surface area contributed by atoms with E-state index in [1.807, 2.05) is 42.5 Å². The fourth-order valence-electron chi connectivity index (χ4n) is 9.21. The highest BCUT2D eigenvalue weighted by Crippen LogP contribution is 2.43. The number of para-hydroxylation sites is 1. The molecular formula is C64H44N2. The summed E-state index contributed by atoms with van der Waals surface area (Å²) in [6.45, 7) is 0. The summed E-state index contributed by atoms with van der Waals surface area (Å²) in [6, 6.07) is 66.0. The number of benzene rings is 11. The first-order valence-electron chi connectivity index (χ1n) is 26.8. The molecule has 2 nitrogen and oxygen atoms in total. The van der Waals surface area contributed by atoms with Crippen LogP contribution in [0.3, 0.4) is 0 Å². The topological polar surface area (TPSA) is 8.17 Å². The van der Waals surface area contributed by atoms with Crippen molar-refractivity contribution < 1.29 is 13.7 Å². The van der Waals surface area contributed by atoms with Crippen LogP contribution in [0.25, 0.3) is 93.9 Å². The molecule has 0 spiro atoms. The standard InChI is InChI=1S/C64H44N2/c1-4-14-45(15-5-1)48-28-35-54(36-29-48)65(55-37-30-49(31-38-55)46-16-6-2-7-17-46)63-43-41-57(58-20-10-11-21-59(58)63)52-26-24-51(25-27-52)53-34-42-64-61(44-53)60-22-12-13-23-62(60)66(64)56-39-32-50(33-40-56)47-18-8-3-9-19-47/h1-44H/i1D,2D,4D,5D,6D,7D,14D,15D,16D,17D. The summed E-state index contributed by atoms with van der Waals surface area (Å²) < 4.78 is 86.3. The largest absolute Gasteiger partial charge is 0.310 e. The van der Waals surface area contributed by atoms with Crippen LogP contribution in [0.15, 0.2) is 267 Å². The van der Waals surface area contributed by atoms with Crippen molar-refractivity contribution in [1.82, 2.24) is 4.57 Å². The Labute approximate surface area is 399 Å². The minimum absolute atomic E-state index is 0.0991. The van der Waals surface area contributed by atoms with Crippen LogP contribution >= 0.6 is 0 Å². The molecule has 0 bridgehead atoms. The fraction of sp³-hybridized carbons (Fsp3) is 0. The van der Waals surface area contributed by atoms with Gasteiger partial charge in [-0.05, 0) is 122 Å². The van der Waals surface area contributed by atoms with Crippen LogP contribution in [0.1, 0.15) is 13.7 Å². The van der Waals surface area contributed by atoms with Gasteiger partial charge < -0.3 is 9.47 Å². The molecule has 0 fully saturated rings. The van der Waals surface area contributed by atoms with Gasteiger partial charge in [0, 0.05) is 33.2 Å². The van der Waals surface area contributed by atoms with Crippen LogP contribution in [0.5, 0.6) is 0 Å². The number of rotatable bonds is 9. The van der Waals surface area contributed by atoms with Gasteiger partial charge in [-0.1, -0.05) is 206 Å². The summed E-state index contributed by atoms with van der Waals surface area (Å²) in [7, 11) is 0. The fourth-order valence-corrected chi connectivity index (χ4v) is 9.21. The molecule has 0 saturated carbocycles. The van der Waals surface area contributed by atoms with E-state index in [0.29, 0.717) is 22.5 Å². The highest BCUT2D eigenvalue weighted by molar-refractivity contribution is 6.11. The second kappa shape index (κ2) is 16.8. The van der Waals surface area contributed by atoms with Crippen molar-refractivity contribution in [3.63, 3.8) is 0 Å². The lowest BCUT2D eigenvalue weighted by molar-refractivity contribution is 1.18. The van der Waals surface area contributed by atoms with Gasteiger partial charge in [0.2, 0.25) is 0 Å². The van der Waals surface area contributed by atoms with E-state index in [9.17, 15) is 0 Å². The van der Waals surface area contributed by atoms with Gasteiger partial charge >= 0.3 is 0 Å². The molecule has 1 aromatic heterocycles. The van der Waals surface area contributed by atoms with Crippen molar-refractivity contribution in [1.29, 1.82) is 0 Å². The van der Waals surface area contributed by atoms with Crippen LogP contribution in [0.4, 0.5) is 17.1 Å². The third kappa shape index (κ3) is 7.12. The highest BCUT2D eigenvalue weighted by Gasteiger charge is 2.19. The van der Waals surface area contributed by atoms with Gasteiger partial charge in [-0.15, -0.1) is 0 Å². The van der Waals surface area contributed by atoms with Crippen molar-refractivity contribution in [2.75, 3.05) is 4.90 Å². The maximum absolute atomic E-state index is 8.64. The number of anilines is 3. The molecule has 1 heterocycles. The van der Waals surface area contributed by atoms with E-state index in [2.05, 4.69) is 149 Å². The molecule has 0 aliphatic carbocycles. The van der Waals surface area contributed by atoms with Crippen LogP contribution in [-0.4, -0.2) is 4.57 Å². The smallest absolute Gasteiger partial charge is 0.0629 e. The summed E-state index contributed by atoms with van der Waals surface area (Å²) in [5.74, 6) is 0. The molecule has 0 aliphatic rings. The zero-order valence-electron chi connectivity index (χ0n) is 45.5. The van der Waals surface area contributed by atoms with Crippen LogP contribution < -0.4 is 4.90 Å². The molecule has 0 unspecified atom stereocenters. The van der Waals surface area contributed by atoms with E-state index in [-0.39, 0.29) is 35.3 Å². The Morgan fingerprint density at radius 2 is 0.758 bits per heavy atom. The molecular weight excluding hydrogens is 797 g/mol. The number of hydrogen-bond acceptors (Lipinski definition) is 1. The predicted octanol–water partition coefficient (Wildman–Crippen LogP) is 17.7. The third-order valence-electron chi connectivity index (χ3n) is 12.4. The summed E-state index contributed by atoms with van der Waals surface area (Å²) in [5.41, 5.74) is 13.3. The van der Waals surface area contributed by atoms with E-state index < -0.39 is 36.3 Å². The van der Waals surface area contributed by atoms with E-state index >= 15 is 0 Å². The molecule has 12 aromatic rings. The quantitative estimate of drug-likeness (QED) is 0.140. The maximum Gasteiger partial charge on any atom is 0.0629 e. The normalized spacial score (nSPS) is 13.5. The molecule has 2 heteroatoms. The Kier molecular flexibility index (Phi) is 7.52. The first-order chi connectivity index (χ1) is 36.9. The average molecular weight is 851 g/mol. The molecule has 0 radical (unpaired) electrons. The molecule has 11 aromatic carbocycles. The Bertz CT molecular complexity index is 4080. The summed E-state index contributed by atoms with van der Waals surface area (Å²) in [4.78, 5) is 2.06. The van der Waals surface area contributed by atoms with Gasteiger partial charge in [-0.25, -0.2) is 0 Å². The van der Waals surface area contributed by atoms with Gasteiger partial charge in [0.25, 0.3) is 0 Å². The van der Waals surface area contributed by atoms with E-state index in [1.54, 1.807) is 24.3 Å². The minimum Gasteiger partial charge on any atom is -0.310 e.